The third kappa shape index (κ3) is 4.31. The first-order valence-corrected chi connectivity index (χ1v) is 7.07. The lowest BCUT2D eigenvalue weighted by molar-refractivity contribution is 0.0600. The van der Waals surface area contributed by atoms with Gasteiger partial charge in [-0.05, 0) is 36.4 Å². The van der Waals surface area contributed by atoms with Gasteiger partial charge in [0.2, 0.25) is 0 Å². The van der Waals surface area contributed by atoms with Crippen LogP contribution in [0.15, 0.2) is 48.5 Å². The van der Waals surface area contributed by atoms with Crippen LogP contribution in [0.5, 0.6) is 0 Å². The Labute approximate surface area is 130 Å². The van der Waals surface area contributed by atoms with Crippen LogP contribution >= 0.6 is 11.6 Å². The maximum absolute atomic E-state index is 11.4. The van der Waals surface area contributed by atoms with E-state index in [2.05, 4.69) is 9.64 Å². The largest absolute Gasteiger partial charge is 0.465 e. The minimum Gasteiger partial charge on any atom is -0.465 e. The molecule has 0 aromatic heterocycles. The molecule has 2 aromatic carbocycles. The summed E-state index contributed by atoms with van der Waals surface area (Å²) in [5.74, 6) is -0.314. The first kappa shape index (κ1) is 15.5. The van der Waals surface area contributed by atoms with Crippen LogP contribution < -0.4 is 0 Å². The third-order valence-corrected chi connectivity index (χ3v) is 3.59. The topological polar surface area (TPSA) is 29.5 Å². The van der Waals surface area contributed by atoms with Crippen molar-refractivity contribution in [1.82, 2.24) is 4.90 Å². The van der Waals surface area contributed by atoms with Gasteiger partial charge in [-0.25, -0.2) is 4.79 Å². The zero-order valence-electron chi connectivity index (χ0n) is 12.2. The Morgan fingerprint density at radius 3 is 2.38 bits per heavy atom. The highest BCUT2D eigenvalue weighted by Crippen LogP contribution is 2.17. The predicted octanol–water partition coefficient (Wildman–Crippen LogP) is 3.76. The van der Waals surface area contributed by atoms with Crippen LogP contribution in [0.1, 0.15) is 21.5 Å². The summed E-state index contributed by atoms with van der Waals surface area (Å²) >= 11 is 6.16. The number of esters is 1. The van der Waals surface area contributed by atoms with Gasteiger partial charge in [0.1, 0.15) is 0 Å². The molecule has 0 radical (unpaired) electrons. The van der Waals surface area contributed by atoms with Gasteiger partial charge in [-0.1, -0.05) is 41.9 Å². The van der Waals surface area contributed by atoms with Gasteiger partial charge in [-0.15, -0.1) is 0 Å². The zero-order chi connectivity index (χ0) is 15.2. The van der Waals surface area contributed by atoms with Gasteiger partial charge in [-0.3, -0.25) is 4.90 Å². The molecule has 3 nitrogen and oxygen atoms in total. The van der Waals surface area contributed by atoms with Gasteiger partial charge in [0, 0.05) is 18.1 Å². The van der Waals surface area contributed by atoms with Crippen LogP contribution in [-0.2, 0) is 17.8 Å². The smallest absolute Gasteiger partial charge is 0.337 e. The molecule has 21 heavy (non-hydrogen) atoms. The Kier molecular flexibility index (Phi) is 5.37. The fraction of sp³-hybridized carbons (Fsp3) is 0.235. The van der Waals surface area contributed by atoms with Crippen molar-refractivity contribution in [2.24, 2.45) is 0 Å². The number of methoxy groups -OCH3 is 1. The molecule has 0 aliphatic rings. The molecular weight excluding hydrogens is 286 g/mol. The highest BCUT2D eigenvalue weighted by molar-refractivity contribution is 6.31. The molecule has 0 saturated heterocycles. The molecule has 4 heteroatoms. The van der Waals surface area contributed by atoms with Gasteiger partial charge in [0.05, 0.1) is 12.7 Å². The lowest BCUT2D eigenvalue weighted by Gasteiger charge is -2.17. The van der Waals surface area contributed by atoms with Crippen molar-refractivity contribution in [2.45, 2.75) is 13.1 Å². The molecule has 110 valence electrons. The first-order chi connectivity index (χ1) is 10.1. The summed E-state index contributed by atoms with van der Waals surface area (Å²) in [5.41, 5.74) is 2.81. The summed E-state index contributed by atoms with van der Waals surface area (Å²) < 4.78 is 4.69. The molecule has 0 N–H and O–H groups in total. The van der Waals surface area contributed by atoms with E-state index in [-0.39, 0.29) is 5.97 Å². The van der Waals surface area contributed by atoms with Crippen molar-refractivity contribution < 1.29 is 9.53 Å². The summed E-state index contributed by atoms with van der Waals surface area (Å²) in [5, 5.41) is 0.783. The number of halogens is 1. The van der Waals surface area contributed by atoms with Crippen molar-refractivity contribution in [3.63, 3.8) is 0 Å². The second-order valence-corrected chi connectivity index (χ2v) is 5.36. The van der Waals surface area contributed by atoms with Crippen LogP contribution in [-0.4, -0.2) is 25.0 Å². The van der Waals surface area contributed by atoms with Crippen LogP contribution in [0, 0.1) is 0 Å². The number of hydrogen-bond acceptors (Lipinski definition) is 3. The summed E-state index contributed by atoms with van der Waals surface area (Å²) in [4.78, 5) is 13.6. The van der Waals surface area contributed by atoms with Crippen LogP contribution in [0.25, 0.3) is 0 Å². The molecule has 0 fully saturated rings. The standard InChI is InChI=1S/C17H18ClNO2/c1-19(12-15-5-3-4-6-16(15)18)11-13-7-9-14(10-8-13)17(20)21-2/h3-10H,11-12H2,1-2H3. The first-order valence-electron chi connectivity index (χ1n) is 6.69. The lowest BCUT2D eigenvalue weighted by Crippen LogP contribution is -2.17. The molecule has 0 amide bonds. The van der Waals surface area contributed by atoms with Gasteiger partial charge in [-0.2, -0.15) is 0 Å². The van der Waals surface area contributed by atoms with Crippen molar-refractivity contribution in [2.75, 3.05) is 14.2 Å². The van der Waals surface area contributed by atoms with Crippen molar-refractivity contribution in [1.29, 1.82) is 0 Å². The molecule has 0 aliphatic carbocycles. The van der Waals surface area contributed by atoms with E-state index in [1.807, 2.05) is 43.4 Å². The molecule has 2 aromatic rings. The minimum atomic E-state index is -0.314. The maximum atomic E-state index is 11.4. The summed E-state index contributed by atoms with van der Waals surface area (Å²) in [6, 6.07) is 15.3. The predicted molar refractivity (Wildman–Crippen MR) is 84.4 cm³/mol. The van der Waals surface area contributed by atoms with E-state index in [1.165, 1.54) is 7.11 Å². The monoisotopic (exact) mass is 303 g/mol. The average Bonchev–Trinajstić information content (AvgIpc) is 2.49. The average molecular weight is 304 g/mol. The Bertz CT molecular complexity index is 610. The zero-order valence-corrected chi connectivity index (χ0v) is 12.9. The SMILES string of the molecule is COC(=O)c1ccc(CN(C)Cc2ccccc2Cl)cc1. The van der Waals surface area contributed by atoms with Crippen LogP contribution in [0.2, 0.25) is 5.02 Å². The Morgan fingerprint density at radius 1 is 1.10 bits per heavy atom. The lowest BCUT2D eigenvalue weighted by atomic mass is 10.1. The number of benzene rings is 2. The Hall–Kier alpha value is -1.84. The number of rotatable bonds is 5. The van der Waals surface area contributed by atoms with Gasteiger partial charge >= 0.3 is 5.97 Å². The molecule has 0 unspecified atom stereocenters. The molecule has 0 atom stereocenters. The van der Waals surface area contributed by atoms with Crippen molar-refractivity contribution in [3.05, 3.63) is 70.2 Å². The van der Waals surface area contributed by atoms with E-state index in [0.29, 0.717) is 5.56 Å². The summed E-state index contributed by atoms with van der Waals surface area (Å²) in [7, 11) is 3.42. The number of hydrogen-bond donors (Lipinski definition) is 0. The van der Waals surface area contributed by atoms with E-state index < -0.39 is 0 Å². The second kappa shape index (κ2) is 7.25. The van der Waals surface area contributed by atoms with Crippen molar-refractivity contribution >= 4 is 17.6 Å². The quantitative estimate of drug-likeness (QED) is 0.788. The molecular formula is C17H18ClNO2. The molecule has 0 aliphatic heterocycles. The number of ether oxygens (including phenoxy) is 1. The second-order valence-electron chi connectivity index (χ2n) is 4.95. The van der Waals surface area contributed by atoms with Gasteiger partial charge in [0.25, 0.3) is 0 Å². The van der Waals surface area contributed by atoms with E-state index in [9.17, 15) is 4.79 Å². The maximum Gasteiger partial charge on any atom is 0.337 e. The van der Waals surface area contributed by atoms with E-state index >= 15 is 0 Å². The van der Waals surface area contributed by atoms with Crippen LogP contribution in [0.4, 0.5) is 0 Å². The molecule has 0 spiro atoms. The highest BCUT2D eigenvalue weighted by atomic mass is 35.5. The van der Waals surface area contributed by atoms with Gasteiger partial charge in [0.15, 0.2) is 0 Å². The van der Waals surface area contributed by atoms with E-state index in [4.69, 9.17) is 11.6 Å². The van der Waals surface area contributed by atoms with Crippen molar-refractivity contribution in [3.8, 4) is 0 Å². The normalized spacial score (nSPS) is 10.7. The highest BCUT2D eigenvalue weighted by Gasteiger charge is 2.07. The summed E-state index contributed by atoms with van der Waals surface area (Å²) in [6.07, 6.45) is 0. The molecule has 0 saturated carbocycles. The van der Waals surface area contributed by atoms with E-state index in [0.717, 1.165) is 29.2 Å². The fourth-order valence-corrected chi connectivity index (χ4v) is 2.34. The van der Waals surface area contributed by atoms with E-state index in [1.54, 1.807) is 12.1 Å². The Morgan fingerprint density at radius 2 is 1.76 bits per heavy atom. The summed E-state index contributed by atoms with van der Waals surface area (Å²) in [6.45, 7) is 1.56. The molecule has 0 heterocycles. The number of carbonyl (C=O) groups is 1. The number of carbonyl (C=O) groups excluding carboxylic acids is 1. The number of nitrogens with zero attached hydrogens (tertiary/aromatic N) is 1. The fourth-order valence-electron chi connectivity index (χ4n) is 2.15. The minimum absolute atomic E-state index is 0.314. The van der Waals surface area contributed by atoms with Gasteiger partial charge < -0.3 is 4.74 Å². The molecule has 2 rings (SSSR count). The van der Waals surface area contributed by atoms with Crippen LogP contribution in [0.3, 0.4) is 0 Å². The molecule has 0 bridgehead atoms. The Balaban J connectivity index is 1.98. The third-order valence-electron chi connectivity index (χ3n) is 3.23.